The molecule has 0 aliphatic carbocycles. The summed E-state index contributed by atoms with van der Waals surface area (Å²) in [6.07, 6.45) is 6.82. The van der Waals surface area contributed by atoms with Crippen molar-refractivity contribution < 1.29 is 19.1 Å². The smallest absolute Gasteiger partial charge is 0.298 e. The van der Waals surface area contributed by atoms with Gasteiger partial charge in [-0.2, -0.15) is 0 Å². The number of halogens is 1. The molecule has 1 heterocycles. The van der Waals surface area contributed by atoms with Crippen molar-refractivity contribution in [2.45, 2.75) is 0 Å². The average molecular weight is 400 g/mol. The zero-order valence-corrected chi connectivity index (χ0v) is 15.8. The second-order valence-corrected chi connectivity index (χ2v) is 6.83. The van der Waals surface area contributed by atoms with Crippen LogP contribution in [0.3, 0.4) is 0 Å². The van der Waals surface area contributed by atoms with Crippen LogP contribution in [0.1, 0.15) is 5.56 Å². The first-order chi connectivity index (χ1) is 13.0. The highest BCUT2D eigenvalue weighted by atomic mass is 35.5. The fourth-order valence-electron chi connectivity index (χ4n) is 2.47. The molecule has 1 saturated heterocycles. The average Bonchev–Trinajstić information content (AvgIpc) is 2.93. The molecule has 2 amide bonds. The molecule has 3 rings (SSSR count). The number of thioether (sulfide) groups is 1. The Hall–Kier alpha value is -2.88. The van der Waals surface area contributed by atoms with Crippen LogP contribution in [0.2, 0.25) is 5.02 Å². The summed E-state index contributed by atoms with van der Waals surface area (Å²) in [7, 11) is 1.51. The molecule has 0 aromatic heterocycles. The fourth-order valence-corrected chi connectivity index (χ4v) is 3.50. The summed E-state index contributed by atoms with van der Waals surface area (Å²) < 4.78 is 10.7. The lowest BCUT2D eigenvalue weighted by molar-refractivity contribution is -0.113. The van der Waals surface area contributed by atoms with Crippen LogP contribution in [0.15, 0.2) is 47.4 Å². The zero-order valence-electron chi connectivity index (χ0n) is 14.3. The van der Waals surface area contributed by atoms with E-state index in [-0.39, 0.29) is 11.8 Å². The van der Waals surface area contributed by atoms with E-state index in [2.05, 4.69) is 5.92 Å². The molecular formula is C20H14ClNO4S. The topological polar surface area (TPSA) is 55.8 Å². The number of anilines is 1. The highest BCUT2D eigenvalue weighted by Crippen LogP contribution is 2.37. The van der Waals surface area contributed by atoms with Gasteiger partial charge in [0.2, 0.25) is 0 Å². The number of rotatable bonds is 5. The Labute approximate surface area is 165 Å². The van der Waals surface area contributed by atoms with Gasteiger partial charge in [-0.25, -0.2) is 4.90 Å². The van der Waals surface area contributed by atoms with Gasteiger partial charge in [0.05, 0.1) is 17.7 Å². The Bertz CT molecular complexity index is 980. The van der Waals surface area contributed by atoms with Gasteiger partial charge >= 0.3 is 0 Å². The highest BCUT2D eigenvalue weighted by Gasteiger charge is 2.36. The van der Waals surface area contributed by atoms with Crippen molar-refractivity contribution in [1.29, 1.82) is 0 Å². The van der Waals surface area contributed by atoms with Crippen molar-refractivity contribution in [2.75, 3.05) is 18.6 Å². The van der Waals surface area contributed by atoms with Crippen LogP contribution >= 0.6 is 23.4 Å². The van der Waals surface area contributed by atoms with E-state index in [9.17, 15) is 9.59 Å². The van der Waals surface area contributed by atoms with Crippen LogP contribution in [-0.4, -0.2) is 24.9 Å². The number of amides is 2. The third-order valence-electron chi connectivity index (χ3n) is 3.66. The minimum atomic E-state index is -0.404. The monoisotopic (exact) mass is 399 g/mol. The predicted octanol–water partition coefficient (Wildman–Crippen LogP) is 4.60. The van der Waals surface area contributed by atoms with Crippen LogP contribution in [0.4, 0.5) is 10.5 Å². The maximum Gasteiger partial charge on any atom is 0.298 e. The van der Waals surface area contributed by atoms with Gasteiger partial charge in [-0.15, -0.1) is 6.42 Å². The number of hydrogen-bond acceptors (Lipinski definition) is 5. The molecule has 0 N–H and O–H groups in total. The van der Waals surface area contributed by atoms with E-state index < -0.39 is 5.91 Å². The first-order valence-corrected chi connectivity index (χ1v) is 9.00. The van der Waals surface area contributed by atoms with Crippen LogP contribution < -0.4 is 14.4 Å². The third kappa shape index (κ3) is 4.11. The summed E-state index contributed by atoms with van der Waals surface area (Å²) in [6.45, 7) is 0.119. The van der Waals surface area contributed by atoms with Crippen LogP contribution in [0, 0.1) is 12.3 Å². The summed E-state index contributed by atoms with van der Waals surface area (Å²) in [5, 5.41) is 0.0669. The lowest BCUT2D eigenvalue weighted by Gasteiger charge is -2.12. The van der Waals surface area contributed by atoms with Gasteiger partial charge in [0.15, 0.2) is 11.5 Å². The normalized spacial score (nSPS) is 15.1. The van der Waals surface area contributed by atoms with E-state index in [0.29, 0.717) is 32.7 Å². The van der Waals surface area contributed by atoms with Gasteiger partial charge in [-0.3, -0.25) is 9.59 Å². The van der Waals surface area contributed by atoms with E-state index >= 15 is 0 Å². The van der Waals surface area contributed by atoms with E-state index in [4.69, 9.17) is 27.5 Å². The molecule has 0 saturated carbocycles. The Morgan fingerprint density at radius 2 is 2.04 bits per heavy atom. The Morgan fingerprint density at radius 1 is 1.22 bits per heavy atom. The molecule has 0 unspecified atom stereocenters. The summed E-state index contributed by atoms with van der Waals surface area (Å²) in [5.41, 5.74) is 1.13. The number of nitrogens with zero attached hydrogens (tertiary/aromatic N) is 1. The number of methoxy groups -OCH3 is 1. The second kappa shape index (κ2) is 8.21. The molecule has 1 aliphatic rings. The van der Waals surface area contributed by atoms with Gasteiger partial charge in [-0.1, -0.05) is 29.7 Å². The molecule has 0 spiro atoms. The lowest BCUT2D eigenvalue weighted by atomic mass is 10.2. The van der Waals surface area contributed by atoms with E-state index in [1.54, 1.807) is 48.5 Å². The minimum Gasteiger partial charge on any atom is -0.493 e. The number of ether oxygens (including phenoxy) is 2. The second-order valence-electron chi connectivity index (χ2n) is 5.40. The maximum absolute atomic E-state index is 12.7. The molecule has 0 radical (unpaired) electrons. The molecular weight excluding hydrogens is 386 g/mol. The van der Waals surface area contributed by atoms with E-state index in [1.165, 1.54) is 7.11 Å². The van der Waals surface area contributed by atoms with Crippen molar-refractivity contribution in [3.8, 4) is 23.8 Å². The van der Waals surface area contributed by atoms with Gasteiger partial charge in [0, 0.05) is 5.02 Å². The fraction of sp³-hybridized carbons (Fsp3) is 0.100. The van der Waals surface area contributed by atoms with Crippen LogP contribution in [0.5, 0.6) is 11.5 Å². The van der Waals surface area contributed by atoms with Crippen molar-refractivity contribution in [3.05, 3.63) is 58.0 Å². The zero-order chi connectivity index (χ0) is 19.4. The molecule has 7 heteroatoms. The van der Waals surface area contributed by atoms with Crippen molar-refractivity contribution in [1.82, 2.24) is 0 Å². The summed E-state index contributed by atoms with van der Waals surface area (Å²) >= 11 is 6.83. The van der Waals surface area contributed by atoms with E-state index in [1.807, 2.05) is 0 Å². The van der Waals surface area contributed by atoms with Crippen molar-refractivity contribution in [3.63, 3.8) is 0 Å². The van der Waals surface area contributed by atoms with Gasteiger partial charge in [0.25, 0.3) is 11.1 Å². The highest BCUT2D eigenvalue weighted by molar-refractivity contribution is 8.19. The quantitative estimate of drug-likeness (QED) is 0.543. The molecule has 136 valence electrons. The Morgan fingerprint density at radius 3 is 2.74 bits per heavy atom. The number of benzene rings is 2. The minimum absolute atomic E-state index is 0.119. The van der Waals surface area contributed by atoms with Gasteiger partial charge in [0.1, 0.15) is 6.61 Å². The summed E-state index contributed by atoms with van der Waals surface area (Å²) in [4.78, 5) is 26.4. The Kier molecular flexibility index (Phi) is 5.75. The third-order valence-corrected chi connectivity index (χ3v) is 4.76. The molecule has 1 aliphatic heterocycles. The molecule has 5 nitrogen and oxygen atoms in total. The first-order valence-electron chi connectivity index (χ1n) is 7.81. The van der Waals surface area contributed by atoms with E-state index in [0.717, 1.165) is 16.7 Å². The standard InChI is InChI=1S/C20H14ClNO4S/c1-3-9-26-16-8-7-13(10-17(16)25-2)11-18-19(23)22(20(24)27-18)15-6-4-5-14(21)12-15/h1,4-8,10-12H,9H2,2H3/b18-11+. The van der Waals surface area contributed by atoms with Gasteiger partial charge in [-0.05, 0) is 53.7 Å². The van der Waals surface area contributed by atoms with Crippen molar-refractivity contribution >= 4 is 46.3 Å². The summed E-state index contributed by atoms with van der Waals surface area (Å²) in [6, 6.07) is 11.7. The lowest BCUT2D eigenvalue weighted by Crippen LogP contribution is -2.27. The van der Waals surface area contributed by atoms with Gasteiger partial charge < -0.3 is 9.47 Å². The number of carbonyl (C=O) groups is 2. The molecule has 0 atom stereocenters. The number of hydrogen-bond donors (Lipinski definition) is 0. The Balaban J connectivity index is 1.88. The maximum atomic E-state index is 12.7. The van der Waals surface area contributed by atoms with Crippen LogP contribution in [0.25, 0.3) is 6.08 Å². The largest absolute Gasteiger partial charge is 0.493 e. The number of carbonyl (C=O) groups excluding carboxylic acids is 2. The number of imide groups is 1. The number of terminal acetylenes is 1. The molecule has 2 aromatic rings. The molecule has 2 aromatic carbocycles. The first kappa shape index (κ1) is 18.9. The summed E-state index contributed by atoms with van der Waals surface area (Å²) in [5.74, 6) is 2.96. The SMILES string of the molecule is C#CCOc1ccc(/C=C2/SC(=O)N(c3cccc(Cl)c3)C2=O)cc1OC. The molecule has 1 fully saturated rings. The molecule has 27 heavy (non-hydrogen) atoms. The van der Waals surface area contributed by atoms with Crippen LogP contribution in [-0.2, 0) is 4.79 Å². The molecule has 0 bridgehead atoms. The van der Waals surface area contributed by atoms with Crippen molar-refractivity contribution in [2.24, 2.45) is 0 Å². The predicted molar refractivity (Wildman–Crippen MR) is 107 cm³/mol.